The summed E-state index contributed by atoms with van der Waals surface area (Å²) in [7, 11) is 0. The van der Waals surface area contributed by atoms with E-state index in [1.54, 1.807) is 0 Å². The van der Waals surface area contributed by atoms with Gasteiger partial charge in [-0.05, 0) is 115 Å². The Labute approximate surface area is 426 Å². The fraction of sp³-hybridized carbons (Fsp3) is 0. The van der Waals surface area contributed by atoms with Crippen molar-refractivity contribution in [3.63, 3.8) is 0 Å². The molecular formula is C69H43N5. The number of rotatable bonds is 7. The highest BCUT2D eigenvalue weighted by Crippen LogP contribution is 2.42. The first kappa shape index (κ1) is 41.8. The van der Waals surface area contributed by atoms with E-state index in [2.05, 4.69) is 252 Å². The Kier molecular flexibility index (Phi) is 9.50. The lowest BCUT2D eigenvalue weighted by Crippen LogP contribution is -2.02. The topological polar surface area (TPSA) is 48.5 Å². The fourth-order valence-electron chi connectivity index (χ4n) is 11.5. The van der Waals surface area contributed by atoms with Gasteiger partial charge in [0.25, 0.3) is 0 Å². The Morgan fingerprint density at radius 2 is 0.568 bits per heavy atom. The molecule has 0 aliphatic heterocycles. The molecule has 0 spiro atoms. The average Bonchev–Trinajstić information content (AvgIpc) is 4.01. The average molecular weight is 942 g/mol. The molecule has 0 atom stereocenters. The zero-order chi connectivity index (χ0) is 48.7. The van der Waals surface area contributed by atoms with Crippen molar-refractivity contribution in [3.8, 4) is 67.8 Å². The van der Waals surface area contributed by atoms with Crippen LogP contribution in [0.3, 0.4) is 0 Å². The van der Waals surface area contributed by atoms with E-state index < -0.39 is 0 Å². The lowest BCUT2D eigenvalue weighted by Gasteiger charge is -2.16. The van der Waals surface area contributed by atoms with Crippen LogP contribution >= 0.6 is 0 Å². The number of fused-ring (bicyclic) bond motifs is 12. The van der Waals surface area contributed by atoms with Crippen molar-refractivity contribution in [1.82, 2.24) is 24.1 Å². The minimum atomic E-state index is 0.587. The zero-order valence-electron chi connectivity index (χ0n) is 40.1. The van der Waals surface area contributed by atoms with Crippen molar-refractivity contribution >= 4 is 75.9 Å². The standard InChI is InChI=1S/C69H43N5/c1-4-18-44(19-5-1)47-33-36-60-59-29-15-17-31-64(59)74(65(60)42-47)52-39-49(46-32-35-57-55-26-11-10-24-53(55)54-25-12-13-27-56(54)62(57)41-46)38-50(40-52)69-71-67(45-20-6-2-7-21-45)70-68(72-69)48-34-37-61-58-28-14-16-30-63(58)73(66(61)43-48)51-22-8-3-9-23-51/h1-43H. The summed E-state index contributed by atoms with van der Waals surface area (Å²) >= 11 is 0. The Morgan fingerprint density at radius 3 is 1.16 bits per heavy atom. The summed E-state index contributed by atoms with van der Waals surface area (Å²) in [6.07, 6.45) is 0. The number of hydrogen-bond acceptors (Lipinski definition) is 3. The molecule has 0 amide bonds. The molecule has 74 heavy (non-hydrogen) atoms. The van der Waals surface area contributed by atoms with Gasteiger partial charge in [-0.3, -0.25) is 0 Å². The first-order valence-electron chi connectivity index (χ1n) is 25.2. The Morgan fingerprint density at radius 1 is 0.189 bits per heavy atom. The van der Waals surface area contributed by atoms with Crippen molar-refractivity contribution in [2.45, 2.75) is 0 Å². The van der Waals surface area contributed by atoms with E-state index in [1.165, 1.54) is 59.4 Å². The largest absolute Gasteiger partial charge is 0.309 e. The molecule has 15 aromatic rings. The van der Waals surface area contributed by atoms with E-state index in [9.17, 15) is 0 Å². The molecule has 0 aliphatic carbocycles. The number of benzene rings is 12. The normalized spacial score (nSPS) is 11.8. The molecule has 344 valence electrons. The van der Waals surface area contributed by atoms with Gasteiger partial charge in [0.15, 0.2) is 17.5 Å². The molecule has 0 bridgehead atoms. The van der Waals surface area contributed by atoms with Crippen LogP contribution in [0.15, 0.2) is 261 Å². The van der Waals surface area contributed by atoms with Gasteiger partial charge in [-0.1, -0.05) is 200 Å². The van der Waals surface area contributed by atoms with Crippen molar-refractivity contribution in [2.75, 3.05) is 0 Å². The summed E-state index contributed by atoms with van der Waals surface area (Å²) < 4.78 is 4.76. The molecule has 3 heterocycles. The molecule has 0 radical (unpaired) electrons. The molecule has 0 unspecified atom stereocenters. The number of hydrogen-bond donors (Lipinski definition) is 0. The van der Waals surface area contributed by atoms with Crippen LogP contribution in [0.1, 0.15) is 0 Å². The fourth-order valence-corrected chi connectivity index (χ4v) is 11.5. The summed E-state index contributed by atoms with van der Waals surface area (Å²) in [6.45, 7) is 0. The molecular weight excluding hydrogens is 899 g/mol. The molecule has 12 aromatic carbocycles. The van der Waals surface area contributed by atoms with Gasteiger partial charge in [-0.15, -0.1) is 0 Å². The monoisotopic (exact) mass is 941 g/mol. The summed E-state index contributed by atoms with van der Waals surface area (Å²) in [4.78, 5) is 16.2. The Hall–Kier alpha value is -9.97. The van der Waals surface area contributed by atoms with Crippen LogP contribution in [0.2, 0.25) is 0 Å². The molecule has 5 nitrogen and oxygen atoms in total. The van der Waals surface area contributed by atoms with Crippen LogP contribution in [0.25, 0.3) is 144 Å². The summed E-state index contributed by atoms with van der Waals surface area (Å²) in [5.74, 6) is 1.79. The van der Waals surface area contributed by atoms with E-state index in [0.717, 1.165) is 66.8 Å². The first-order chi connectivity index (χ1) is 36.7. The van der Waals surface area contributed by atoms with Crippen molar-refractivity contribution < 1.29 is 0 Å². The summed E-state index contributed by atoms with van der Waals surface area (Å²) in [5.41, 5.74) is 13.8. The van der Waals surface area contributed by atoms with E-state index in [4.69, 9.17) is 15.0 Å². The lowest BCUT2D eigenvalue weighted by molar-refractivity contribution is 1.07. The number of aromatic nitrogens is 5. The van der Waals surface area contributed by atoms with Crippen molar-refractivity contribution in [3.05, 3.63) is 261 Å². The lowest BCUT2D eigenvalue weighted by atomic mass is 9.91. The van der Waals surface area contributed by atoms with Gasteiger partial charge in [-0.2, -0.15) is 0 Å². The SMILES string of the molecule is c1ccc(-c2ccc3c4ccccc4n(-c4cc(-c5ccc6c7ccccc7c7ccccc7c6c5)cc(-c5nc(-c6ccccc6)nc(-c6ccc7c8ccccc8n(-c8ccccc8)c7c6)n5)c4)c3c2)cc1. The smallest absolute Gasteiger partial charge is 0.164 e. The second kappa shape index (κ2) is 16.8. The van der Waals surface area contributed by atoms with Crippen LogP contribution in [-0.4, -0.2) is 24.1 Å². The molecule has 0 saturated carbocycles. The van der Waals surface area contributed by atoms with Gasteiger partial charge < -0.3 is 9.13 Å². The third-order valence-corrected chi connectivity index (χ3v) is 14.9. The van der Waals surface area contributed by atoms with Gasteiger partial charge >= 0.3 is 0 Å². The van der Waals surface area contributed by atoms with Crippen LogP contribution in [0.5, 0.6) is 0 Å². The number of nitrogens with zero attached hydrogens (tertiary/aromatic N) is 5. The van der Waals surface area contributed by atoms with Crippen molar-refractivity contribution in [1.29, 1.82) is 0 Å². The third-order valence-electron chi connectivity index (χ3n) is 14.9. The van der Waals surface area contributed by atoms with Crippen LogP contribution in [-0.2, 0) is 0 Å². The summed E-state index contributed by atoms with van der Waals surface area (Å²) in [6, 6.07) is 93.7. The van der Waals surface area contributed by atoms with E-state index >= 15 is 0 Å². The highest BCUT2D eigenvalue weighted by Gasteiger charge is 2.21. The Bertz CT molecular complexity index is 4670. The van der Waals surface area contributed by atoms with Crippen molar-refractivity contribution in [2.24, 2.45) is 0 Å². The quantitative estimate of drug-likeness (QED) is 0.150. The van der Waals surface area contributed by atoms with Gasteiger partial charge in [-0.25, -0.2) is 15.0 Å². The minimum absolute atomic E-state index is 0.587. The van der Waals surface area contributed by atoms with Gasteiger partial charge in [0.2, 0.25) is 0 Å². The van der Waals surface area contributed by atoms with E-state index in [1.807, 2.05) is 18.2 Å². The molecule has 3 aromatic heterocycles. The second-order valence-electron chi connectivity index (χ2n) is 19.2. The van der Waals surface area contributed by atoms with Gasteiger partial charge in [0.1, 0.15) is 0 Å². The summed E-state index contributed by atoms with van der Waals surface area (Å²) in [5, 5.41) is 12.2. The molecule has 0 aliphatic rings. The van der Waals surface area contributed by atoms with Crippen LogP contribution < -0.4 is 0 Å². The number of para-hydroxylation sites is 3. The minimum Gasteiger partial charge on any atom is -0.309 e. The first-order valence-corrected chi connectivity index (χ1v) is 25.2. The second-order valence-corrected chi connectivity index (χ2v) is 19.2. The maximum Gasteiger partial charge on any atom is 0.164 e. The maximum absolute atomic E-state index is 5.48. The van der Waals surface area contributed by atoms with E-state index in [0.29, 0.717) is 17.5 Å². The van der Waals surface area contributed by atoms with Gasteiger partial charge in [0.05, 0.1) is 22.1 Å². The molecule has 0 saturated heterocycles. The highest BCUT2D eigenvalue weighted by atomic mass is 15.0. The molecule has 0 N–H and O–H groups in total. The maximum atomic E-state index is 5.48. The van der Waals surface area contributed by atoms with E-state index in [-0.39, 0.29) is 0 Å². The predicted molar refractivity (Wildman–Crippen MR) is 308 cm³/mol. The van der Waals surface area contributed by atoms with Crippen LogP contribution in [0.4, 0.5) is 0 Å². The Balaban J connectivity index is 1.00. The molecule has 0 fully saturated rings. The molecule has 15 rings (SSSR count). The predicted octanol–water partition coefficient (Wildman–Crippen LogP) is 17.9. The van der Waals surface area contributed by atoms with Crippen LogP contribution in [0, 0.1) is 0 Å². The third kappa shape index (κ3) is 6.75. The van der Waals surface area contributed by atoms with Gasteiger partial charge in [0, 0.05) is 49.6 Å². The zero-order valence-corrected chi connectivity index (χ0v) is 40.1. The molecule has 5 heteroatoms. The highest BCUT2D eigenvalue weighted by molar-refractivity contribution is 6.26.